The van der Waals surface area contributed by atoms with Crippen LogP contribution in [-0.4, -0.2) is 16.7 Å². The second kappa shape index (κ2) is 4.21. The van der Waals surface area contributed by atoms with Gasteiger partial charge >= 0.3 is 0 Å². The standard InChI is InChI=1S/C12H12N2O4/c1-12(7-6-10(15)13-11(12)16)8-4-2-3-5-9(8)14(17)18/h2-5H,6-7H2,1H3,(H,13,15,16). The quantitative estimate of drug-likeness (QED) is 0.485. The van der Waals surface area contributed by atoms with Crippen molar-refractivity contribution in [1.82, 2.24) is 5.32 Å². The van der Waals surface area contributed by atoms with Gasteiger partial charge in [-0.2, -0.15) is 0 Å². The highest BCUT2D eigenvalue weighted by atomic mass is 16.6. The number of carbonyl (C=O) groups is 2. The van der Waals surface area contributed by atoms with Gasteiger partial charge in [0.05, 0.1) is 10.3 Å². The van der Waals surface area contributed by atoms with Gasteiger partial charge in [0.25, 0.3) is 5.69 Å². The van der Waals surface area contributed by atoms with E-state index in [0.717, 1.165) is 0 Å². The average Bonchev–Trinajstić information content (AvgIpc) is 2.34. The number of hydrogen-bond acceptors (Lipinski definition) is 4. The van der Waals surface area contributed by atoms with E-state index in [4.69, 9.17) is 0 Å². The predicted molar refractivity (Wildman–Crippen MR) is 62.8 cm³/mol. The molecule has 1 aliphatic rings. The maximum Gasteiger partial charge on any atom is 0.273 e. The third kappa shape index (κ3) is 1.85. The Bertz CT molecular complexity index is 541. The lowest BCUT2D eigenvalue weighted by Crippen LogP contribution is -2.50. The Hall–Kier alpha value is -2.24. The fourth-order valence-corrected chi connectivity index (χ4v) is 2.16. The van der Waals surface area contributed by atoms with Gasteiger partial charge in [-0.15, -0.1) is 0 Å². The summed E-state index contributed by atoms with van der Waals surface area (Å²) < 4.78 is 0. The monoisotopic (exact) mass is 248 g/mol. The number of para-hydroxylation sites is 1. The smallest absolute Gasteiger partial charge is 0.273 e. The highest BCUT2D eigenvalue weighted by molar-refractivity contribution is 6.03. The van der Waals surface area contributed by atoms with Crippen molar-refractivity contribution < 1.29 is 14.5 Å². The van der Waals surface area contributed by atoms with Gasteiger partial charge in [-0.05, 0) is 13.3 Å². The Kier molecular flexibility index (Phi) is 2.86. The van der Waals surface area contributed by atoms with Crippen molar-refractivity contribution in [1.29, 1.82) is 0 Å². The average molecular weight is 248 g/mol. The van der Waals surface area contributed by atoms with Crippen molar-refractivity contribution >= 4 is 17.5 Å². The van der Waals surface area contributed by atoms with Gasteiger partial charge in [-0.25, -0.2) is 0 Å². The number of rotatable bonds is 2. The van der Waals surface area contributed by atoms with E-state index in [2.05, 4.69) is 5.32 Å². The zero-order chi connectivity index (χ0) is 13.3. The topological polar surface area (TPSA) is 89.3 Å². The lowest BCUT2D eigenvalue weighted by Gasteiger charge is -2.31. The summed E-state index contributed by atoms with van der Waals surface area (Å²) in [6, 6.07) is 6.13. The molecule has 18 heavy (non-hydrogen) atoms. The van der Waals surface area contributed by atoms with E-state index in [1.54, 1.807) is 25.1 Å². The first kappa shape index (κ1) is 12.2. The highest BCUT2D eigenvalue weighted by Gasteiger charge is 2.43. The van der Waals surface area contributed by atoms with Crippen molar-refractivity contribution in [3.05, 3.63) is 39.9 Å². The van der Waals surface area contributed by atoms with E-state index in [0.29, 0.717) is 5.56 Å². The number of imide groups is 1. The van der Waals surface area contributed by atoms with Gasteiger partial charge in [0.2, 0.25) is 11.8 Å². The maximum atomic E-state index is 11.9. The summed E-state index contributed by atoms with van der Waals surface area (Å²) in [5.41, 5.74) is -0.776. The van der Waals surface area contributed by atoms with Gasteiger partial charge < -0.3 is 0 Å². The summed E-state index contributed by atoms with van der Waals surface area (Å²) in [4.78, 5) is 33.6. The zero-order valence-corrected chi connectivity index (χ0v) is 9.80. The van der Waals surface area contributed by atoms with E-state index in [-0.39, 0.29) is 24.4 Å². The van der Waals surface area contributed by atoms with E-state index in [1.165, 1.54) is 6.07 Å². The van der Waals surface area contributed by atoms with E-state index >= 15 is 0 Å². The van der Waals surface area contributed by atoms with Gasteiger partial charge in [0.15, 0.2) is 0 Å². The summed E-state index contributed by atoms with van der Waals surface area (Å²) in [7, 11) is 0. The van der Waals surface area contributed by atoms with Crippen LogP contribution in [0.5, 0.6) is 0 Å². The van der Waals surface area contributed by atoms with Gasteiger partial charge in [0, 0.05) is 18.1 Å². The van der Waals surface area contributed by atoms with E-state index < -0.39 is 16.2 Å². The Labute approximate surface area is 103 Å². The summed E-state index contributed by atoms with van der Waals surface area (Å²) in [5.74, 6) is -0.816. The second-order valence-electron chi connectivity index (χ2n) is 4.48. The first-order valence-corrected chi connectivity index (χ1v) is 5.53. The lowest BCUT2D eigenvalue weighted by atomic mass is 9.75. The molecule has 6 nitrogen and oxygen atoms in total. The molecule has 0 bridgehead atoms. The molecule has 6 heteroatoms. The lowest BCUT2D eigenvalue weighted by molar-refractivity contribution is -0.386. The molecule has 2 amide bonds. The largest absolute Gasteiger partial charge is 0.296 e. The van der Waals surface area contributed by atoms with Crippen LogP contribution in [0.1, 0.15) is 25.3 Å². The normalized spacial score (nSPS) is 23.6. The number of nitrogens with zero attached hydrogens (tertiary/aromatic N) is 1. The number of nitrogens with one attached hydrogen (secondary N) is 1. The van der Waals surface area contributed by atoms with Crippen molar-refractivity contribution in [2.45, 2.75) is 25.2 Å². The van der Waals surface area contributed by atoms with Crippen molar-refractivity contribution in [2.75, 3.05) is 0 Å². The third-order valence-electron chi connectivity index (χ3n) is 3.30. The number of piperidine rings is 1. The molecule has 1 atom stereocenters. The van der Waals surface area contributed by atoms with Crippen molar-refractivity contribution in [3.8, 4) is 0 Å². The Morgan fingerprint density at radius 3 is 2.61 bits per heavy atom. The molecule has 1 aromatic carbocycles. The second-order valence-corrected chi connectivity index (χ2v) is 4.48. The molecule has 1 saturated heterocycles. The molecule has 1 aliphatic heterocycles. The molecule has 0 spiro atoms. The fourth-order valence-electron chi connectivity index (χ4n) is 2.16. The van der Waals surface area contributed by atoms with Crippen molar-refractivity contribution in [3.63, 3.8) is 0 Å². The number of hydrogen-bond donors (Lipinski definition) is 1. The maximum absolute atomic E-state index is 11.9. The molecule has 1 heterocycles. The van der Waals surface area contributed by atoms with Crippen LogP contribution in [0.2, 0.25) is 0 Å². The molecule has 94 valence electrons. The molecule has 0 saturated carbocycles. The Morgan fingerprint density at radius 1 is 1.33 bits per heavy atom. The number of nitro groups is 1. The number of carbonyl (C=O) groups excluding carboxylic acids is 2. The van der Waals surface area contributed by atoms with E-state index in [1.807, 2.05) is 0 Å². The minimum atomic E-state index is -1.03. The molecule has 1 unspecified atom stereocenters. The molecule has 0 aliphatic carbocycles. The summed E-state index contributed by atoms with van der Waals surface area (Å²) in [6.07, 6.45) is 0.469. The van der Waals surface area contributed by atoms with E-state index in [9.17, 15) is 19.7 Å². The molecule has 0 radical (unpaired) electrons. The number of benzene rings is 1. The molecule has 1 aromatic rings. The van der Waals surface area contributed by atoms with Crippen LogP contribution in [0.25, 0.3) is 0 Å². The minimum Gasteiger partial charge on any atom is -0.296 e. The molecule has 1 N–H and O–H groups in total. The summed E-state index contributed by atoms with van der Waals surface area (Å²) in [6.45, 7) is 1.62. The first-order chi connectivity index (χ1) is 8.45. The van der Waals surface area contributed by atoms with Crippen molar-refractivity contribution in [2.24, 2.45) is 0 Å². The first-order valence-electron chi connectivity index (χ1n) is 5.53. The molecule has 0 aromatic heterocycles. The molecular formula is C12H12N2O4. The third-order valence-corrected chi connectivity index (χ3v) is 3.30. The van der Waals surface area contributed by atoms with Crippen LogP contribution < -0.4 is 5.32 Å². The van der Waals surface area contributed by atoms with Crippen LogP contribution in [0.3, 0.4) is 0 Å². The number of nitro benzene ring substituents is 1. The number of amides is 2. The Morgan fingerprint density at radius 2 is 2.00 bits per heavy atom. The summed E-state index contributed by atoms with van der Waals surface area (Å²) >= 11 is 0. The zero-order valence-electron chi connectivity index (χ0n) is 9.80. The van der Waals surface area contributed by atoms with Gasteiger partial charge in [0.1, 0.15) is 0 Å². The van der Waals surface area contributed by atoms with Crippen LogP contribution >= 0.6 is 0 Å². The molecule has 2 rings (SSSR count). The predicted octanol–water partition coefficient (Wildman–Crippen LogP) is 1.29. The summed E-state index contributed by atoms with van der Waals surface area (Å²) in [5, 5.41) is 13.2. The SMILES string of the molecule is CC1(c2ccccc2[N+](=O)[O-])CCC(=O)NC1=O. The van der Waals surface area contributed by atoms with Crippen LogP contribution in [0.15, 0.2) is 24.3 Å². The van der Waals surface area contributed by atoms with Crippen LogP contribution in [0.4, 0.5) is 5.69 Å². The Balaban J connectivity index is 2.51. The van der Waals surface area contributed by atoms with Crippen LogP contribution in [-0.2, 0) is 15.0 Å². The van der Waals surface area contributed by atoms with Gasteiger partial charge in [-0.1, -0.05) is 18.2 Å². The minimum absolute atomic E-state index is 0.0931. The molecule has 1 fully saturated rings. The van der Waals surface area contributed by atoms with Gasteiger partial charge in [-0.3, -0.25) is 25.0 Å². The molecular weight excluding hydrogens is 236 g/mol. The highest BCUT2D eigenvalue weighted by Crippen LogP contribution is 2.37. The van der Waals surface area contributed by atoms with Crippen LogP contribution in [0, 0.1) is 10.1 Å². The fraction of sp³-hybridized carbons (Fsp3) is 0.333.